The van der Waals surface area contributed by atoms with E-state index in [4.69, 9.17) is 0 Å². The molecule has 2 N–H and O–H groups in total. The first-order valence-corrected chi connectivity index (χ1v) is 4.34. The van der Waals surface area contributed by atoms with Crippen LogP contribution in [0.3, 0.4) is 0 Å². The van der Waals surface area contributed by atoms with Crippen molar-refractivity contribution in [3.8, 4) is 11.6 Å². The Bertz CT molecular complexity index is 404. The van der Waals surface area contributed by atoms with E-state index in [0.717, 1.165) is 0 Å². The van der Waals surface area contributed by atoms with Gasteiger partial charge < -0.3 is 19.7 Å². The number of esters is 2. The van der Waals surface area contributed by atoms with E-state index in [2.05, 4.69) is 14.5 Å². The third-order valence-corrected chi connectivity index (χ3v) is 1.93. The molecule has 0 bridgehead atoms. The Balaban J connectivity index is 2.42. The van der Waals surface area contributed by atoms with Crippen molar-refractivity contribution < 1.29 is 29.3 Å². The monoisotopic (exact) mass is 225 g/mol. The predicted octanol–water partition coefficient (Wildman–Crippen LogP) is -1.37. The summed E-state index contributed by atoms with van der Waals surface area (Å²) in [4.78, 5) is 26.1. The Kier molecular flexibility index (Phi) is 2.55. The predicted molar refractivity (Wildman–Crippen MR) is 47.5 cm³/mol. The number of nitrogens with zero attached hydrogens (tertiary/aromatic N) is 1. The van der Waals surface area contributed by atoms with Crippen LogP contribution in [0.4, 0.5) is 0 Å². The number of rotatable bonds is 0. The Labute approximate surface area is 89.2 Å². The van der Waals surface area contributed by atoms with Crippen molar-refractivity contribution in [1.82, 2.24) is 4.98 Å². The molecule has 2 unspecified atom stereocenters. The van der Waals surface area contributed by atoms with Crippen LogP contribution in [0, 0.1) is 0 Å². The Morgan fingerprint density at radius 1 is 1.12 bits per heavy atom. The average Bonchev–Trinajstić information content (AvgIpc) is 2.28. The highest BCUT2D eigenvalue weighted by Gasteiger charge is 2.36. The minimum absolute atomic E-state index is 0.0909. The summed E-state index contributed by atoms with van der Waals surface area (Å²) in [6, 6.07) is 2.81. The van der Waals surface area contributed by atoms with Crippen LogP contribution in [0.1, 0.15) is 0 Å². The van der Waals surface area contributed by atoms with Gasteiger partial charge in [0.05, 0.1) is 0 Å². The molecular formula is C9H7NO6. The molecule has 0 saturated heterocycles. The minimum Gasteiger partial charge on any atom is -0.419 e. The second-order valence-electron chi connectivity index (χ2n) is 3.04. The van der Waals surface area contributed by atoms with Gasteiger partial charge in [0.1, 0.15) is 0 Å². The molecule has 0 amide bonds. The number of carbonyl (C=O) groups excluding carboxylic acids is 2. The number of fused-ring (bicyclic) bond motifs is 1. The summed E-state index contributed by atoms with van der Waals surface area (Å²) >= 11 is 0. The molecule has 2 heterocycles. The van der Waals surface area contributed by atoms with Crippen molar-refractivity contribution in [3.05, 3.63) is 18.3 Å². The zero-order valence-corrected chi connectivity index (χ0v) is 7.86. The van der Waals surface area contributed by atoms with Crippen LogP contribution in [0.25, 0.3) is 0 Å². The second kappa shape index (κ2) is 3.87. The number of ether oxygens (including phenoxy) is 2. The lowest BCUT2D eigenvalue weighted by atomic mass is 10.2. The summed E-state index contributed by atoms with van der Waals surface area (Å²) in [7, 11) is 0. The summed E-state index contributed by atoms with van der Waals surface area (Å²) in [6.07, 6.45) is -2.63. The van der Waals surface area contributed by atoms with Gasteiger partial charge >= 0.3 is 11.9 Å². The van der Waals surface area contributed by atoms with Crippen molar-refractivity contribution in [2.75, 3.05) is 0 Å². The number of aliphatic hydroxyl groups excluding tert-OH is 2. The van der Waals surface area contributed by atoms with Crippen molar-refractivity contribution in [3.63, 3.8) is 0 Å². The smallest absolute Gasteiger partial charge is 0.345 e. The Morgan fingerprint density at radius 2 is 1.75 bits per heavy atom. The molecule has 7 heteroatoms. The Hall–Kier alpha value is -1.99. The van der Waals surface area contributed by atoms with Gasteiger partial charge in [0.25, 0.3) is 5.88 Å². The van der Waals surface area contributed by atoms with E-state index in [1.54, 1.807) is 0 Å². The van der Waals surface area contributed by atoms with Gasteiger partial charge in [-0.05, 0) is 12.1 Å². The summed E-state index contributed by atoms with van der Waals surface area (Å²) in [5.74, 6) is -2.62. The molecule has 0 radical (unpaired) electrons. The third kappa shape index (κ3) is 1.73. The van der Waals surface area contributed by atoms with E-state index >= 15 is 0 Å². The van der Waals surface area contributed by atoms with Crippen molar-refractivity contribution in [2.24, 2.45) is 0 Å². The van der Waals surface area contributed by atoms with Crippen LogP contribution >= 0.6 is 0 Å². The fourth-order valence-corrected chi connectivity index (χ4v) is 1.11. The maximum atomic E-state index is 11.2. The van der Waals surface area contributed by atoms with E-state index < -0.39 is 24.1 Å². The van der Waals surface area contributed by atoms with Gasteiger partial charge in [-0.1, -0.05) is 0 Å². The van der Waals surface area contributed by atoms with Gasteiger partial charge in [-0.3, -0.25) is 0 Å². The molecule has 16 heavy (non-hydrogen) atoms. The third-order valence-electron chi connectivity index (χ3n) is 1.93. The highest BCUT2D eigenvalue weighted by atomic mass is 16.6. The summed E-state index contributed by atoms with van der Waals surface area (Å²) in [5.41, 5.74) is 0. The number of pyridine rings is 1. The number of carbonyl (C=O) groups is 2. The lowest BCUT2D eigenvalue weighted by Gasteiger charge is -2.19. The van der Waals surface area contributed by atoms with E-state index in [9.17, 15) is 19.8 Å². The first kappa shape index (κ1) is 10.5. The van der Waals surface area contributed by atoms with Crippen LogP contribution in [0.5, 0.6) is 11.6 Å². The topological polar surface area (TPSA) is 106 Å². The maximum absolute atomic E-state index is 11.2. The van der Waals surface area contributed by atoms with Gasteiger partial charge in [0.2, 0.25) is 0 Å². The molecule has 84 valence electrons. The SMILES string of the molecule is O=C1Oc2cccnc2OC(=O)C(O)C1O. The molecule has 1 aliphatic heterocycles. The van der Waals surface area contributed by atoms with Crippen molar-refractivity contribution in [1.29, 1.82) is 0 Å². The van der Waals surface area contributed by atoms with Crippen LogP contribution < -0.4 is 9.47 Å². The molecule has 7 nitrogen and oxygen atoms in total. The molecule has 1 aromatic heterocycles. The van der Waals surface area contributed by atoms with Crippen LogP contribution in [-0.4, -0.2) is 39.3 Å². The lowest BCUT2D eigenvalue weighted by molar-refractivity contribution is -0.164. The van der Waals surface area contributed by atoms with E-state index in [-0.39, 0.29) is 11.6 Å². The normalized spacial score (nSPS) is 24.9. The minimum atomic E-state index is -1.98. The molecular weight excluding hydrogens is 218 g/mol. The first-order chi connectivity index (χ1) is 7.59. The van der Waals surface area contributed by atoms with Crippen molar-refractivity contribution >= 4 is 11.9 Å². The number of hydrogen-bond acceptors (Lipinski definition) is 7. The number of aromatic nitrogens is 1. The second-order valence-corrected chi connectivity index (χ2v) is 3.04. The molecule has 2 rings (SSSR count). The zero-order valence-electron chi connectivity index (χ0n) is 7.86. The fraction of sp³-hybridized carbons (Fsp3) is 0.222. The van der Waals surface area contributed by atoms with Crippen LogP contribution in [0.2, 0.25) is 0 Å². The molecule has 0 saturated carbocycles. The standard InChI is InChI=1S/C9H7NO6/c11-5-6(12)9(14)16-7-4(15-8(5)13)2-1-3-10-7/h1-3,5-6,11-12H. The van der Waals surface area contributed by atoms with Gasteiger partial charge in [-0.25, -0.2) is 14.6 Å². The van der Waals surface area contributed by atoms with Crippen LogP contribution in [0.15, 0.2) is 18.3 Å². The quantitative estimate of drug-likeness (QED) is 0.524. The molecule has 0 aliphatic carbocycles. The average molecular weight is 225 g/mol. The number of hydrogen-bond donors (Lipinski definition) is 2. The largest absolute Gasteiger partial charge is 0.419 e. The molecule has 0 aromatic carbocycles. The van der Waals surface area contributed by atoms with Gasteiger partial charge in [0, 0.05) is 6.20 Å². The van der Waals surface area contributed by atoms with E-state index in [1.165, 1.54) is 18.3 Å². The molecule has 1 aliphatic rings. The number of aliphatic hydroxyl groups is 2. The van der Waals surface area contributed by atoms with E-state index in [1.807, 2.05) is 0 Å². The molecule has 1 aromatic rings. The van der Waals surface area contributed by atoms with E-state index in [0.29, 0.717) is 0 Å². The zero-order chi connectivity index (χ0) is 11.7. The Morgan fingerprint density at radius 3 is 2.44 bits per heavy atom. The summed E-state index contributed by atoms with van der Waals surface area (Å²) in [6.45, 7) is 0. The summed E-state index contributed by atoms with van der Waals surface area (Å²) < 4.78 is 9.31. The molecule has 0 fully saturated rings. The lowest BCUT2D eigenvalue weighted by Crippen LogP contribution is -2.45. The highest BCUT2D eigenvalue weighted by Crippen LogP contribution is 2.26. The van der Waals surface area contributed by atoms with Gasteiger partial charge in [-0.15, -0.1) is 0 Å². The molecule has 0 spiro atoms. The highest BCUT2D eigenvalue weighted by molar-refractivity contribution is 5.88. The van der Waals surface area contributed by atoms with Gasteiger partial charge in [0.15, 0.2) is 18.0 Å². The maximum Gasteiger partial charge on any atom is 0.345 e. The van der Waals surface area contributed by atoms with Crippen LogP contribution in [-0.2, 0) is 9.59 Å². The van der Waals surface area contributed by atoms with Gasteiger partial charge in [-0.2, -0.15) is 0 Å². The summed E-state index contributed by atoms with van der Waals surface area (Å²) in [5, 5.41) is 18.4. The van der Waals surface area contributed by atoms with Crippen molar-refractivity contribution in [2.45, 2.75) is 12.2 Å². The molecule has 2 atom stereocenters. The fourth-order valence-electron chi connectivity index (χ4n) is 1.11. The first-order valence-electron chi connectivity index (χ1n) is 4.34.